The molecular formula is C12H15Cl2NO. The second-order valence-corrected chi connectivity index (χ2v) is 5.18. The lowest BCUT2D eigenvalue weighted by molar-refractivity contribution is 0.0668. The van der Waals surface area contributed by atoms with Gasteiger partial charge in [-0.3, -0.25) is 4.90 Å². The maximum Gasteiger partial charge on any atom is 0.0667 e. The molecule has 0 aliphatic carbocycles. The number of hydrogen-bond acceptors (Lipinski definition) is 2. The van der Waals surface area contributed by atoms with Crippen LogP contribution in [-0.4, -0.2) is 29.2 Å². The Kier molecular flexibility index (Phi) is 4.09. The zero-order valence-corrected chi connectivity index (χ0v) is 10.5. The van der Waals surface area contributed by atoms with Crippen molar-refractivity contribution in [3.63, 3.8) is 0 Å². The van der Waals surface area contributed by atoms with Crippen LogP contribution in [0.5, 0.6) is 0 Å². The smallest absolute Gasteiger partial charge is 0.0667 e. The summed E-state index contributed by atoms with van der Waals surface area (Å²) in [6, 6.07) is 5.58. The summed E-state index contributed by atoms with van der Waals surface area (Å²) in [5.41, 5.74) is 1.10. The zero-order valence-electron chi connectivity index (χ0n) is 9.00. The minimum absolute atomic E-state index is 0.191. The second-order valence-electron chi connectivity index (χ2n) is 4.31. The third kappa shape index (κ3) is 3.36. The van der Waals surface area contributed by atoms with Gasteiger partial charge in [0, 0.05) is 23.1 Å². The molecule has 0 spiro atoms. The van der Waals surface area contributed by atoms with Gasteiger partial charge in [0.05, 0.1) is 6.10 Å². The number of rotatable bonds is 2. The topological polar surface area (TPSA) is 23.5 Å². The van der Waals surface area contributed by atoms with Crippen LogP contribution in [0.25, 0.3) is 0 Å². The molecule has 1 aliphatic heterocycles. The highest BCUT2D eigenvalue weighted by Crippen LogP contribution is 2.21. The molecule has 88 valence electrons. The zero-order chi connectivity index (χ0) is 11.5. The van der Waals surface area contributed by atoms with E-state index in [1.54, 1.807) is 6.07 Å². The van der Waals surface area contributed by atoms with Gasteiger partial charge < -0.3 is 5.11 Å². The van der Waals surface area contributed by atoms with Crippen molar-refractivity contribution in [2.24, 2.45) is 0 Å². The lowest BCUT2D eigenvalue weighted by atomic mass is 10.1. The molecule has 1 heterocycles. The van der Waals surface area contributed by atoms with E-state index in [-0.39, 0.29) is 6.10 Å². The Labute approximate surface area is 106 Å². The molecule has 0 radical (unpaired) electrons. The van der Waals surface area contributed by atoms with Crippen molar-refractivity contribution in [1.29, 1.82) is 0 Å². The van der Waals surface area contributed by atoms with E-state index in [9.17, 15) is 5.11 Å². The Hall–Kier alpha value is -0.280. The Morgan fingerprint density at radius 2 is 1.94 bits per heavy atom. The molecule has 1 saturated heterocycles. The van der Waals surface area contributed by atoms with Crippen molar-refractivity contribution in [2.45, 2.75) is 25.5 Å². The maximum absolute atomic E-state index is 9.57. The average molecular weight is 260 g/mol. The molecule has 4 heteroatoms. The van der Waals surface area contributed by atoms with E-state index in [4.69, 9.17) is 23.2 Å². The molecule has 2 rings (SSSR count). The van der Waals surface area contributed by atoms with Crippen LogP contribution in [0, 0.1) is 0 Å². The molecule has 1 atom stereocenters. The Bertz CT molecular complexity index is 350. The van der Waals surface area contributed by atoms with Gasteiger partial charge in [0.2, 0.25) is 0 Å². The summed E-state index contributed by atoms with van der Waals surface area (Å²) >= 11 is 11.9. The Morgan fingerprint density at radius 1 is 1.25 bits per heavy atom. The molecular weight excluding hydrogens is 245 g/mol. The van der Waals surface area contributed by atoms with E-state index in [2.05, 4.69) is 4.90 Å². The summed E-state index contributed by atoms with van der Waals surface area (Å²) in [7, 11) is 0. The largest absolute Gasteiger partial charge is 0.392 e. The van der Waals surface area contributed by atoms with E-state index >= 15 is 0 Å². The van der Waals surface area contributed by atoms with Gasteiger partial charge >= 0.3 is 0 Å². The Balaban J connectivity index is 2.02. The maximum atomic E-state index is 9.57. The summed E-state index contributed by atoms with van der Waals surface area (Å²) < 4.78 is 0. The molecule has 1 aliphatic rings. The fraction of sp³-hybridized carbons (Fsp3) is 0.500. The van der Waals surface area contributed by atoms with E-state index in [1.165, 1.54) is 0 Å². The van der Waals surface area contributed by atoms with Gasteiger partial charge in [-0.05, 0) is 43.1 Å². The van der Waals surface area contributed by atoms with Crippen molar-refractivity contribution < 1.29 is 5.11 Å². The van der Waals surface area contributed by atoms with Gasteiger partial charge in [0.25, 0.3) is 0 Å². The molecule has 0 bridgehead atoms. The van der Waals surface area contributed by atoms with Crippen molar-refractivity contribution in [3.8, 4) is 0 Å². The minimum atomic E-state index is -0.191. The average Bonchev–Trinajstić information content (AvgIpc) is 2.15. The highest BCUT2D eigenvalue weighted by atomic mass is 35.5. The first kappa shape index (κ1) is 12.2. The first-order valence-electron chi connectivity index (χ1n) is 5.49. The molecule has 0 unspecified atom stereocenters. The van der Waals surface area contributed by atoms with E-state index < -0.39 is 0 Å². The number of piperidine rings is 1. The number of nitrogens with zero attached hydrogens (tertiary/aromatic N) is 1. The van der Waals surface area contributed by atoms with Crippen molar-refractivity contribution in [3.05, 3.63) is 33.8 Å². The van der Waals surface area contributed by atoms with E-state index in [0.29, 0.717) is 10.0 Å². The van der Waals surface area contributed by atoms with E-state index in [0.717, 1.165) is 38.0 Å². The van der Waals surface area contributed by atoms with Gasteiger partial charge in [-0.25, -0.2) is 0 Å². The molecule has 0 amide bonds. The van der Waals surface area contributed by atoms with Crippen LogP contribution < -0.4 is 0 Å². The Morgan fingerprint density at radius 3 is 2.56 bits per heavy atom. The summed E-state index contributed by atoms with van der Waals surface area (Å²) in [5, 5.41) is 10.9. The summed E-state index contributed by atoms with van der Waals surface area (Å²) in [5.74, 6) is 0. The second kappa shape index (κ2) is 5.37. The monoisotopic (exact) mass is 259 g/mol. The van der Waals surface area contributed by atoms with Crippen molar-refractivity contribution in [1.82, 2.24) is 4.90 Å². The SMILES string of the molecule is O[C@H]1CCCN(Cc2cc(Cl)cc(Cl)c2)C1. The van der Waals surface area contributed by atoms with Crippen LogP contribution in [0.2, 0.25) is 10.0 Å². The number of aliphatic hydroxyl groups excluding tert-OH is 1. The van der Waals surface area contributed by atoms with Crippen LogP contribution in [0.1, 0.15) is 18.4 Å². The predicted octanol–water partition coefficient (Wildman–Crippen LogP) is 2.95. The fourth-order valence-electron chi connectivity index (χ4n) is 2.14. The van der Waals surface area contributed by atoms with Gasteiger partial charge in [0.1, 0.15) is 0 Å². The number of benzene rings is 1. The fourth-order valence-corrected chi connectivity index (χ4v) is 2.71. The van der Waals surface area contributed by atoms with Crippen LogP contribution >= 0.6 is 23.2 Å². The molecule has 1 aromatic carbocycles. The van der Waals surface area contributed by atoms with Crippen LogP contribution in [-0.2, 0) is 6.54 Å². The summed E-state index contributed by atoms with van der Waals surface area (Å²) in [4.78, 5) is 2.23. The van der Waals surface area contributed by atoms with Gasteiger partial charge in [-0.1, -0.05) is 23.2 Å². The van der Waals surface area contributed by atoms with Crippen LogP contribution in [0.3, 0.4) is 0 Å². The molecule has 2 nitrogen and oxygen atoms in total. The number of halogens is 2. The first-order chi connectivity index (χ1) is 7.63. The molecule has 0 saturated carbocycles. The van der Waals surface area contributed by atoms with Gasteiger partial charge in [0.15, 0.2) is 0 Å². The third-order valence-corrected chi connectivity index (χ3v) is 3.25. The standard InChI is InChI=1S/C12H15Cl2NO/c13-10-4-9(5-11(14)6-10)7-15-3-1-2-12(16)8-15/h4-6,12,16H,1-3,7-8H2/t12-/m0/s1. The summed E-state index contributed by atoms with van der Waals surface area (Å²) in [6.45, 7) is 2.57. The molecule has 16 heavy (non-hydrogen) atoms. The van der Waals surface area contributed by atoms with Gasteiger partial charge in [-0.2, -0.15) is 0 Å². The summed E-state index contributed by atoms with van der Waals surface area (Å²) in [6.07, 6.45) is 1.77. The quantitative estimate of drug-likeness (QED) is 0.883. The highest BCUT2D eigenvalue weighted by Gasteiger charge is 2.17. The molecule has 1 N–H and O–H groups in total. The minimum Gasteiger partial charge on any atom is -0.392 e. The van der Waals surface area contributed by atoms with Crippen LogP contribution in [0.15, 0.2) is 18.2 Å². The van der Waals surface area contributed by atoms with E-state index in [1.807, 2.05) is 12.1 Å². The lowest BCUT2D eigenvalue weighted by Crippen LogP contribution is -2.37. The lowest BCUT2D eigenvalue weighted by Gasteiger charge is -2.30. The van der Waals surface area contributed by atoms with Crippen LogP contribution in [0.4, 0.5) is 0 Å². The number of hydrogen-bond donors (Lipinski definition) is 1. The molecule has 1 aromatic rings. The number of aliphatic hydroxyl groups is 1. The number of likely N-dealkylation sites (tertiary alicyclic amines) is 1. The number of β-amino-alcohol motifs (C(OH)–C–C–N with tert-alkyl or cyclic N) is 1. The van der Waals surface area contributed by atoms with Gasteiger partial charge in [-0.15, -0.1) is 0 Å². The first-order valence-corrected chi connectivity index (χ1v) is 6.24. The molecule has 0 aromatic heterocycles. The predicted molar refractivity (Wildman–Crippen MR) is 67.0 cm³/mol. The molecule has 1 fully saturated rings. The third-order valence-electron chi connectivity index (χ3n) is 2.81. The van der Waals surface area contributed by atoms with Crippen molar-refractivity contribution in [2.75, 3.05) is 13.1 Å². The normalized spacial score (nSPS) is 22.3. The highest BCUT2D eigenvalue weighted by molar-refractivity contribution is 6.34. The van der Waals surface area contributed by atoms with Crippen molar-refractivity contribution >= 4 is 23.2 Å².